The first kappa shape index (κ1) is 19.0. The Hall–Kier alpha value is -2.32. The SMILES string of the molecule is CCc1cc2c(cc1Sc1nc3c(C)ncnc3n1CCCNC)OCCO2. The second kappa shape index (κ2) is 8.36. The number of rotatable bonds is 7. The van der Waals surface area contributed by atoms with E-state index in [1.165, 1.54) is 5.56 Å². The van der Waals surface area contributed by atoms with Gasteiger partial charge in [0.2, 0.25) is 0 Å². The minimum atomic E-state index is 0.583. The third kappa shape index (κ3) is 3.66. The molecule has 4 rings (SSSR count). The molecule has 1 aliphatic rings. The smallest absolute Gasteiger partial charge is 0.175 e. The first-order valence-corrected chi connectivity index (χ1v) is 10.5. The molecule has 0 radical (unpaired) electrons. The van der Waals surface area contributed by atoms with Gasteiger partial charge < -0.3 is 19.4 Å². The van der Waals surface area contributed by atoms with Crippen LogP contribution in [0.1, 0.15) is 24.6 Å². The lowest BCUT2D eigenvalue weighted by atomic mass is 10.1. The third-order valence-electron chi connectivity index (χ3n) is 4.80. The van der Waals surface area contributed by atoms with E-state index in [2.05, 4.69) is 38.9 Å². The molecule has 7 nitrogen and oxygen atoms in total. The topological polar surface area (TPSA) is 74.1 Å². The highest BCUT2D eigenvalue weighted by Gasteiger charge is 2.20. The van der Waals surface area contributed by atoms with E-state index < -0.39 is 0 Å². The molecule has 1 aromatic carbocycles. The van der Waals surface area contributed by atoms with Crippen LogP contribution in [0.2, 0.25) is 0 Å². The quantitative estimate of drug-likeness (QED) is 0.612. The zero-order chi connectivity index (χ0) is 19.5. The molecule has 2 aromatic heterocycles. The average molecular weight is 400 g/mol. The van der Waals surface area contributed by atoms with E-state index in [1.54, 1.807) is 18.1 Å². The van der Waals surface area contributed by atoms with E-state index in [1.807, 2.05) is 14.0 Å². The van der Waals surface area contributed by atoms with E-state index in [9.17, 15) is 0 Å². The Bertz CT molecular complexity index is 988. The Morgan fingerprint density at radius 2 is 1.96 bits per heavy atom. The summed E-state index contributed by atoms with van der Waals surface area (Å²) in [5.41, 5.74) is 3.88. The molecule has 1 N–H and O–H groups in total. The summed E-state index contributed by atoms with van der Waals surface area (Å²) >= 11 is 1.66. The van der Waals surface area contributed by atoms with E-state index in [0.29, 0.717) is 13.2 Å². The minimum absolute atomic E-state index is 0.583. The summed E-state index contributed by atoms with van der Waals surface area (Å²) in [6.07, 6.45) is 3.53. The van der Waals surface area contributed by atoms with Crippen LogP contribution in [0.15, 0.2) is 28.5 Å². The molecular weight excluding hydrogens is 374 g/mol. The van der Waals surface area contributed by atoms with Gasteiger partial charge in [-0.2, -0.15) is 0 Å². The van der Waals surface area contributed by atoms with Crippen LogP contribution in [0.5, 0.6) is 11.5 Å². The number of ether oxygens (including phenoxy) is 2. The second-order valence-corrected chi connectivity index (χ2v) is 7.70. The van der Waals surface area contributed by atoms with Gasteiger partial charge in [-0.25, -0.2) is 15.0 Å². The molecule has 3 aromatic rings. The highest BCUT2D eigenvalue weighted by Crippen LogP contribution is 2.40. The lowest BCUT2D eigenvalue weighted by Crippen LogP contribution is -2.15. The van der Waals surface area contributed by atoms with Crippen molar-refractivity contribution in [1.82, 2.24) is 24.8 Å². The van der Waals surface area contributed by atoms with Crippen LogP contribution >= 0.6 is 11.8 Å². The van der Waals surface area contributed by atoms with Crippen LogP contribution in [-0.2, 0) is 13.0 Å². The van der Waals surface area contributed by atoms with Crippen molar-refractivity contribution in [3.8, 4) is 11.5 Å². The van der Waals surface area contributed by atoms with Crippen LogP contribution < -0.4 is 14.8 Å². The highest BCUT2D eigenvalue weighted by molar-refractivity contribution is 7.99. The first-order valence-electron chi connectivity index (χ1n) is 9.64. The molecule has 0 bridgehead atoms. The van der Waals surface area contributed by atoms with Gasteiger partial charge in [0, 0.05) is 11.4 Å². The van der Waals surface area contributed by atoms with Crippen molar-refractivity contribution < 1.29 is 9.47 Å². The Balaban J connectivity index is 1.74. The molecule has 28 heavy (non-hydrogen) atoms. The average Bonchev–Trinajstić information content (AvgIpc) is 3.06. The van der Waals surface area contributed by atoms with Gasteiger partial charge in [0.1, 0.15) is 25.1 Å². The number of imidazole rings is 1. The van der Waals surface area contributed by atoms with Crippen LogP contribution in [0.4, 0.5) is 0 Å². The molecule has 8 heteroatoms. The van der Waals surface area contributed by atoms with E-state index in [-0.39, 0.29) is 0 Å². The van der Waals surface area contributed by atoms with Gasteiger partial charge in [0.25, 0.3) is 0 Å². The molecular formula is C20H25N5O2S. The largest absolute Gasteiger partial charge is 0.486 e. The molecule has 0 fully saturated rings. The zero-order valence-electron chi connectivity index (χ0n) is 16.5. The van der Waals surface area contributed by atoms with Crippen LogP contribution in [0, 0.1) is 6.92 Å². The molecule has 3 heterocycles. The zero-order valence-corrected chi connectivity index (χ0v) is 17.3. The van der Waals surface area contributed by atoms with E-state index >= 15 is 0 Å². The maximum absolute atomic E-state index is 5.79. The Labute approximate surface area is 168 Å². The number of nitrogens with zero attached hydrogens (tertiary/aromatic N) is 4. The molecule has 1 aliphatic heterocycles. The predicted molar refractivity (Wildman–Crippen MR) is 110 cm³/mol. The number of hydrogen-bond acceptors (Lipinski definition) is 7. The predicted octanol–water partition coefficient (Wildman–Crippen LogP) is 3.23. The normalized spacial score (nSPS) is 13.2. The number of benzene rings is 1. The van der Waals surface area contributed by atoms with Crippen molar-refractivity contribution >= 4 is 22.9 Å². The highest BCUT2D eigenvalue weighted by atomic mass is 32.2. The Morgan fingerprint density at radius 3 is 2.71 bits per heavy atom. The molecule has 0 unspecified atom stereocenters. The number of aromatic nitrogens is 4. The fourth-order valence-corrected chi connectivity index (χ4v) is 4.43. The molecule has 0 amide bonds. The maximum atomic E-state index is 5.79. The molecule has 0 saturated carbocycles. The van der Waals surface area contributed by atoms with Crippen molar-refractivity contribution in [2.24, 2.45) is 0 Å². The standard InChI is InChI=1S/C20H25N5O2S/c1-4-14-10-15-16(27-9-8-26-15)11-17(14)28-20-24-18-13(2)22-12-23-19(18)25(20)7-5-6-21-3/h10-12,21H,4-9H2,1-3H3. The molecule has 0 saturated heterocycles. The van der Waals surface area contributed by atoms with Gasteiger partial charge in [0.15, 0.2) is 22.3 Å². The molecule has 0 spiro atoms. The summed E-state index contributed by atoms with van der Waals surface area (Å²) in [5.74, 6) is 1.64. The van der Waals surface area contributed by atoms with Crippen LogP contribution in [0.25, 0.3) is 11.2 Å². The number of nitrogens with one attached hydrogen (secondary N) is 1. The monoisotopic (exact) mass is 399 g/mol. The van der Waals surface area contributed by atoms with Gasteiger partial charge >= 0.3 is 0 Å². The van der Waals surface area contributed by atoms with Crippen molar-refractivity contribution in [1.29, 1.82) is 0 Å². The van der Waals surface area contributed by atoms with Crippen molar-refractivity contribution in [3.05, 3.63) is 29.7 Å². The van der Waals surface area contributed by atoms with Gasteiger partial charge in [-0.1, -0.05) is 18.7 Å². The van der Waals surface area contributed by atoms with E-state index in [4.69, 9.17) is 14.5 Å². The number of aryl methyl sites for hydroxylation is 3. The summed E-state index contributed by atoms with van der Waals surface area (Å²) in [4.78, 5) is 14.8. The van der Waals surface area contributed by atoms with Crippen molar-refractivity contribution in [3.63, 3.8) is 0 Å². The van der Waals surface area contributed by atoms with E-state index in [0.717, 1.165) is 64.3 Å². The molecule has 0 aliphatic carbocycles. The fraction of sp³-hybridized carbons (Fsp3) is 0.450. The Morgan fingerprint density at radius 1 is 1.18 bits per heavy atom. The summed E-state index contributed by atoms with van der Waals surface area (Å²) in [6, 6.07) is 4.17. The first-order chi connectivity index (χ1) is 13.7. The lowest BCUT2D eigenvalue weighted by molar-refractivity contribution is 0.171. The Kier molecular flexibility index (Phi) is 5.68. The maximum Gasteiger partial charge on any atom is 0.175 e. The van der Waals surface area contributed by atoms with Gasteiger partial charge in [-0.3, -0.25) is 0 Å². The number of fused-ring (bicyclic) bond motifs is 2. The van der Waals surface area contributed by atoms with Gasteiger partial charge in [0.05, 0.1) is 5.69 Å². The van der Waals surface area contributed by atoms with Crippen LogP contribution in [0.3, 0.4) is 0 Å². The van der Waals surface area contributed by atoms with Gasteiger partial charge in [-0.15, -0.1) is 0 Å². The summed E-state index contributed by atoms with van der Waals surface area (Å²) in [5, 5.41) is 4.14. The molecule has 148 valence electrons. The number of hydrogen-bond donors (Lipinski definition) is 1. The summed E-state index contributed by atoms with van der Waals surface area (Å²) in [6.45, 7) is 7.11. The third-order valence-corrected chi connectivity index (χ3v) is 5.89. The minimum Gasteiger partial charge on any atom is -0.486 e. The van der Waals surface area contributed by atoms with Crippen LogP contribution in [-0.4, -0.2) is 46.3 Å². The van der Waals surface area contributed by atoms with Crippen molar-refractivity contribution in [2.45, 2.75) is 43.3 Å². The lowest BCUT2D eigenvalue weighted by Gasteiger charge is -2.20. The summed E-state index contributed by atoms with van der Waals surface area (Å²) < 4.78 is 13.7. The summed E-state index contributed by atoms with van der Waals surface area (Å²) in [7, 11) is 1.97. The second-order valence-electron chi connectivity index (χ2n) is 6.69. The van der Waals surface area contributed by atoms with Crippen molar-refractivity contribution in [2.75, 3.05) is 26.8 Å². The molecule has 0 atom stereocenters. The fourth-order valence-electron chi connectivity index (χ4n) is 3.30. The van der Waals surface area contributed by atoms with Gasteiger partial charge in [-0.05, 0) is 51.1 Å².